The highest BCUT2D eigenvalue weighted by molar-refractivity contribution is 7.87. The van der Waals surface area contributed by atoms with Crippen molar-refractivity contribution in [2.45, 2.75) is 31.5 Å². The minimum Gasteiger partial charge on any atom is -0.317 e. The maximum atomic E-state index is 12.0. The second-order valence-electron chi connectivity index (χ2n) is 4.29. The summed E-state index contributed by atoms with van der Waals surface area (Å²) in [6, 6.07) is -0.259. The summed E-state index contributed by atoms with van der Waals surface area (Å²) in [4.78, 5) is 0. The van der Waals surface area contributed by atoms with Crippen LogP contribution in [0.2, 0.25) is 0 Å². The van der Waals surface area contributed by atoms with Crippen molar-refractivity contribution in [1.82, 2.24) is 14.3 Å². The molecule has 1 heterocycles. The zero-order valence-corrected chi connectivity index (χ0v) is 10.9. The Morgan fingerprint density at radius 1 is 1.33 bits per heavy atom. The van der Waals surface area contributed by atoms with E-state index in [4.69, 9.17) is 0 Å². The average Bonchev–Trinajstić information content (AvgIpc) is 2.53. The van der Waals surface area contributed by atoms with Gasteiger partial charge in [-0.15, -0.1) is 0 Å². The summed E-state index contributed by atoms with van der Waals surface area (Å²) in [5.41, 5.74) is 0. The minimum absolute atomic E-state index is 0.259. The maximum Gasteiger partial charge on any atom is 0.402 e. The molecular formula is C9H18F3N3O2S. The number of nitrogens with one attached hydrogen (secondary N) is 2. The summed E-state index contributed by atoms with van der Waals surface area (Å²) in [6.45, 7) is -0.0607. The van der Waals surface area contributed by atoms with Crippen molar-refractivity contribution in [3.8, 4) is 0 Å². The number of hydrogen-bond donors (Lipinski definition) is 2. The standard InChI is InChI=1S/C9H18F3N3O2S/c1-15(8-3-2-5-13-6-4-8)18(16,17)14-7-9(10,11)12/h8,13-14H,2-7H2,1H3. The van der Waals surface area contributed by atoms with E-state index >= 15 is 0 Å². The van der Waals surface area contributed by atoms with Crippen molar-refractivity contribution < 1.29 is 21.6 Å². The van der Waals surface area contributed by atoms with Gasteiger partial charge in [0, 0.05) is 13.1 Å². The molecule has 18 heavy (non-hydrogen) atoms. The first-order chi connectivity index (χ1) is 8.22. The number of halogens is 3. The molecule has 0 saturated carbocycles. The van der Waals surface area contributed by atoms with Crippen LogP contribution in [-0.4, -0.2) is 51.6 Å². The molecule has 0 aromatic carbocycles. The number of alkyl halides is 3. The van der Waals surface area contributed by atoms with Crippen LogP contribution in [0.15, 0.2) is 0 Å². The SMILES string of the molecule is CN(C1CCCNCC1)S(=O)(=O)NCC(F)(F)F. The van der Waals surface area contributed by atoms with Crippen molar-refractivity contribution in [1.29, 1.82) is 0 Å². The Bertz CT molecular complexity index is 351. The first-order valence-corrected chi connectivity index (χ1v) is 7.16. The monoisotopic (exact) mass is 289 g/mol. The Morgan fingerprint density at radius 3 is 2.61 bits per heavy atom. The highest BCUT2D eigenvalue weighted by atomic mass is 32.2. The predicted octanol–water partition coefficient (Wildman–Crippen LogP) is 0.457. The van der Waals surface area contributed by atoms with Crippen LogP contribution in [0.1, 0.15) is 19.3 Å². The van der Waals surface area contributed by atoms with Gasteiger partial charge in [0.25, 0.3) is 10.2 Å². The first kappa shape index (κ1) is 15.7. The molecule has 5 nitrogen and oxygen atoms in total. The van der Waals surface area contributed by atoms with Crippen LogP contribution in [0.3, 0.4) is 0 Å². The van der Waals surface area contributed by atoms with Crippen molar-refractivity contribution >= 4 is 10.2 Å². The van der Waals surface area contributed by atoms with E-state index < -0.39 is 22.9 Å². The summed E-state index contributed by atoms with van der Waals surface area (Å²) in [7, 11) is -2.76. The summed E-state index contributed by atoms with van der Waals surface area (Å²) in [6.07, 6.45) is -2.48. The topological polar surface area (TPSA) is 61.4 Å². The Hall–Kier alpha value is -0.380. The van der Waals surface area contributed by atoms with E-state index in [-0.39, 0.29) is 6.04 Å². The fourth-order valence-corrected chi connectivity index (χ4v) is 2.99. The molecule has 0 aliphatic carbocycles. The molecular weight excluding hydrogens is 271 g/mol. The Labute approximate surface area is 105 Å². The van der Waals surface area contributed by atoms with Gasteiger partial charge in [-0.1, -0.05) is 0 Å². The van der Waals surface area contributed by atoms with E-state index in [0.29, 0.717) is 19.4 Å². The van der Waals surface area contributed by atoms with E-state index in [1.807, 2.05) is 0 Å². The van der Waals surface area contributed by atoms with Crippen molar-refractivity contribution in [2.75, 3.05) is 26.7 Å². The normalized spacial score (nSPS) is 23.1. The maximum absolute atomic E-state index is 12.0. The third-order valence-electron chi connectivity index (χ3n) is 2.89. The quantitative estimate of drug-likeness (QED) is 0.790. The molecule has 0 amide bonds. The van der Waals surface area contributed by atoms with Crippen molar-refractivity contribution in [2.24, 2.45) is 0 Å². The third-order valence-corrected chi connectivity index (χ3v) is 4.46. The molecule has 108 valence electrons. The summed E-state index contributed by atoms with van der Waals surface area (Å²) in [5.74, 6) is 0. The van der Waals surface area contributed by atoms with E-state index in [9.17, 15) is 21.6 Å². The molecule has 1 fully saturated rings. The van der Waals surface area contributed by atoms with Gasteiger partial charge in [0.2, 0.25) is 0 Å². The van der Waals surface area contributed by atoms with Gasteiger partial charge in [0.1, 0.15) is 6.54 Å². The lowest BCUT2D eigenvalue weighted by Crippen LogP contribution is -2.47. The zero-order chi connectivity index (χ0) is 13.8. The number of hydrogen-bond acceptors (Lipinski definition) is 3. The van der Waals surface area contributed by atoms with Gasteiger partial charge in [-0.3, -0.25) is 0 Å². The predicted molar refractivity (Wildman–Crippen MR) is 61.2 cm³/mol. The molecule has 1 unspecified atom stereocenters. The van der Waals surface area contributed by atoms with Crippen LogP contribution in [-0.2, 0) is 10.2 Å². The van der Waals surface area contributed by atoms with Crippen molar-refractivity contribution in [3.05, 3.63) is 0 Å². The number of rotatable bonds is 4. The molecule has 0 aromatic heterocycles. The highest BCUT2D eigenvalue weighted by Crippen LogP contribution is 2.16. The second kappa shape index (κ2) is 6.18. The smallest absolute Gasteiger partial charge is 0.317 e. The van der Waals surface area contributed by atoms with E-state index in [1.54, 1.807) is 4.72 Å². The highest BCUT2D eigenvalue weighted by Gasteiger charge is 2.33. The summed E-state index contributed by atoms with van der Waals surface area (Å²) < 4.78 is 61.9. The lowest BCUT2D eigenvalue weighted by atomic mass is 10.1. The molecule has 2 N–H and O–H groups in total. The van der Waals surface area contributed by atoms with Gasteiger partial charge in [0.15, 0.2) is 0 Å². The van der Waals surface area contributed by atoms with Gasteiger partial charge in [-0.05, 0) is 32.4 Å². The van der Waals surface area contributed by atoms with Crippen molar-refractivity contribution in [3.63, 3.8) is 0 Å². The Kier molecular flexibility index (Phi) is 5.38. The molecule has 1 rings (SSSR count). The fraction of sp³-hybridized carbons (Fsp3) is 1.00. The lowest BCUT2D eigenvalue weighted by molar-refractivity contribution is -0.121. The molecule has 1 aliphatic rings. The zero-order valence-electron chi connectivity index (χ0n) is 10.1. The first-order valence-electron chi connectivity index (χ1n) is 5.72. The molecule has 0 spiro atoms. The van der Waals surface area contributed by atoms with E-state index in [0.717, 1.165) is 17.3 Å². The fourth-order valence-electron chi connectivity index (χ4n) is 1.84. The molecule has 1 atom stereocenters. The lowest BCUT2D eigenvalue weighted by Gasteiger charge is -2.26. The van der Waals surface area contributed by atoms with Crippen LogP contribution in [0.25, 0.3) is 0 Å². The summed E-state index contributed by atoms with van der Waals surface area (Å²) >= 11 is 0. The molecule has 1 aliphatic heterocycles. The van der Waals surface area contributed by atoms with Crippen LogP contribution in [0.4, 0.5) is 13.2 Å². The molecule has 9 heteroatoms. The largest absolute Gasteiger partial charge is 0.402 e. The van der Waals surface area contributed by atoms with Gasteiger partial charge in [-0.2, -0.15) is 30.6 Å². The van der Waals surface area contributed by atoms with Crippen LogP contribution >= 0.6 is 0 Å². The van der Waals surface area contributed by atoms with Gasteiger partial charge < -0.3 is 5.32 Å². The number of nitrogens with zero attached hydrogens (tertiary/aromatic N) is 1. The second-order valence-corrected chi connectivity index (χ2v) is 6.11. The van der Waals surface area contributed by atoms with E-state index in [1.165, 1.54) is 7.05 Å². The van der Waals surface area contributed by atoms with Gasteiger partial charge in [-0.25, -0.2) is 0 Å². The van der Waals surface area contributed by atoms with Gasteiger partial charge in [0.05, 0.1) is 0 Å². The van der Waals surface area contributed by atoms with Gasteiger partial charge >= 0.3 is 6.18 Å². The molecule has 0 aromatic rings. The molecule has 1 saturated heterocycles. The third kappa shape index (κ3) is 5.09. The van der Waals surface area contributed by atoms with Crippen LogP contribution in [0, 0.1) is 0 Å². The Balaban J connectivity index is 2.59. The minimum atomic E-state index is -4.54. The molecule has 0 radical (unpaired) electrons. The van der Waals surface area contributed by atoms with Crippen LogP contribution in [0.5, 0.6) is 0 Å². The summed E-state index contributed by atoms with van der Waals surface area (Å²) in [5, 5.41) is 3.12. The van der Waals surface area contributed by atoms with E-state index in [2.05, 4.69) is 5.32 Å². The average molecular weight is 289 g/mol. The van der Waals surface area contributed by atoms with Crippen LogP contribution < -0.4 is 10.0 Å². The Morgan fingerprint density at radius 2 is 2.00 bits per heavy atom. The molecule has 0 bridgehead atoms.